The second-order valence-electron chi connectivity index (χ2n) is 2.16. The molecule has 0 unspecified atom stereocenters. The van der Waals surface area contributed by atoms with Gasteiger partial charge < -0.3 is 10.2 Å². The molecule has 56 valence electrons. The van der Waals surface area contributed by atoms with Crippen LogP contribution in [0.4, 0.5) is 5.82 Å². The highest BCUT2D eigenvalue weighted by atomic mass is 35.5. The van der Waals surface area contributed by atoms with E-state index in [0.29, 0.717) is 16.6 Å². The van der Waals surface area contributed by atoms with Crippen LogP contribution in [0.3, 0.4) is 0 Å². The molecule has 0 spiro atoms. The highest BCUT2D eigenvalue weighted by Crippen LogP contribution is 2.25. The number of aromatic nitrogens is 1. The zero-order chi connectivity index (χ0) is 7.84. The summed E-state index contributed by atoms with van der Waals surface area (Å²) in [5, 5.41) is 1.09. The maximum atomic E-state index is 5.61. The molecule has 0 aliphatic heterocycles. The van der Waals surface area contributed by atoms with E-state index in [1.165, 1.54) is 0 Å². The molecule has 0 saturated heterocycles. The first-order valence-corrected chi connectivity index (χ1v) is 3.45. The zero-order valence-electron chi connectivity index (χ0n) is 5.54. The Kier molecular flexibility index (Phi) is 1.26. The lowest BCUT2D eigenvalue weighted by molar-refractivity contribution is 0.618. The number of hydrogen-bond donors (Lipinski definition) is 1. The van der Waals surface area contributed by atoms with Gasteiger partial charge in [0, 0.05) is 12.3 Å². The third-order valence-corrected chi connectivity index (χ3v) is 1.63. The maximum absolute atomic E-state index is 5.61. The lowest BCUT2D eigenvalue weighted by atomic mass is 10.3. The Morgan fingerprint density at radius 3 is 3.09 bits per heavy atom. The van der Waals surface area contributed by atoms with Gasteiger partial charge in [0.2, 0.25) is 0 Å². The number of rotatable bonds is 0. The number of nitrogens with zero attached hydrogens (tertiary/aromatic N) is 1. The highest BCUT2D eigenvalue weighted by molar-refractivity contribution is 6.29. The zero-order valence-corrected chi connectivity index (χ0v) is 6.30. The number of nitrogens with two attached hydrogens (primary N) is 1. The van der Waals surface area contributed by atoms with E-state index in [1.807, 2.05) is 0 Å². The van der Waals surface area contributed by atoms with Crippen LogP contribution in [-0.4, -0.2) is 4.98 Å². The fourth-order valence-electron chi connectivity index (χ4n) is 0.953. The number of hydrogen-bond acceptors (Lipinski definition) is 3. The van der Waals surface area contributed by atoms with Crippen LogP contribution in [0, 0.1) is 0 Å². The number of pyridine rings is 1. The number of anilines is 1. The Morgan fingerprint density at radius 2 is 2.36 bits per heavy atom. The predicted octanol–water partition coefficient (Wildman–Crippen LogP) is 2.06. The first kappa shape index (κ1) is 6.49. The molecule has 2 aromatic heterocycles. The van der Waals surface area contributed by atoms with E-state index < -0.39 is 0 Å². The largest absolute Gasteiger partial charge is 0.444 e. The summed E-state index contributed by atoms with van der Waals surface area (Å²) < 4.78 is 5.09. The van der Waals surface area contributed by atoms with Crippen molar-refractivity contribution in [3.05, 3.63) is 23.5 Å². The third kappa shape index (κ3) is 0.935. The van der Waals surface area contributed by atoms with Crippen LogP contribution in [0.1, 0.15) is 0 Å². The average Bonchev–Trinajstić information content (AvgIpc) is 2.31. The molecule has 4 heteroatoms. The Bertz CT molecular complexity index is 396. The number of fused-ring (bicyclic) bond motifs is 1. The van der Waals surface area contributed by atoms with E-state index in [-0.39, 0.29) is 0 Å². The average molecular weight is 169 g/mol. The topological polar surface area (TPSA) is 52.0 Å². The lowest BCUT2D eigenvalue weighted by Crippen LogP contribution is -1.87. The molecule has 2 heterocycles. The number of nitrogen functional groups attached to an aromatic ring is 1. The minimum Gasteiger partial charge on any atom is -0.444 e. The van der Waals surface area contributed by atoms with Crippen LogP contribution in [0.5, 0.6) is 0 Å². The molecule has 0 radical (unpaired) electrons. The number of furan rings is 1. The fraction of sp³-hybridized carbons (Fsp3) is 0. The van der Waals surface area contributed by atoms with E-state index in [2.05, 4.69) is 4.98 Å². The van der Waals surface area contributed by atoms with Gasteiger partial charge in [0.1, 0.15) is 11.4 Å². The summed E-state index contributed by atoms with van der Waals surface area (Å²) in [7, 11) is 0. The molecule has 0 aliphatic carbocycles. The van der Waals surface area contributed by atoms with Crippen LogP contribution in [0.15, 0.2) is 22.7 Å². The molecule has 0 aromatic carbocycles. The summed E-state index contributed by atoms with van der Waals surface area (Å²) in [4.78, 5) is 3.88. The van der Waals surface area contributed by atoms with E-state index in [9.17, 15) is 0 Å². The van der Waals surface area contributed by atoms with Crippen molar-refractivity contribution in [3.63, 3.8) is 0 Å². The summed E-state index contributed by atoms with van der Waals surface area (Å²) >= 11 is 5.61. The minimum absolute atomic E-state index is 0.333. The molecule has 11 heavy (non-hydrogen) atoms. The Morgan fingerprint density at radius 1 is 1.55 bits per heavy atom. The van der Waals surface area contributed by atoms with Gasteiger partial charge in [0.25, 0.3) is 0 Å². The van der Waals surface area contributed by atoms with Gasteiger partial charge in [0.15, 0.2) is 5.22 Å². The Balaban J connectivity index is 2.90. The van der Waals surface area contributed by atoms with E-state index >= 15 is 0 Å². The molecule has 2 aromatic rings. The quantitative estimate of drug-likeness (QED) is 0.655. The Labute approximate surface area is 67.8 Å². The first-order valence-electron chi connectivity index (χ1n) is 3.07. The molecule has 2 N–H and O–H groups in total. The van der Waals surface area contributed by atoms with Gasteiger partial charge in [-0.1, -0.05) is 0 Å². The highest BCUT2D eigenvalue weighted by Gasteiger charge is 2.03. The van der Waals surface area contributed by atoms with Crippen molar-refractivity contribution >= 4 is 28.4 Å². The monoisotopic (exact) mass is 168 g/mol. The van der Waals surface area contributed by atoms with Crippen molar-refractivity contribution < 1.29 is 4.42 Å². The second kappa shape index (κ2) is 2.13. The molecule has 0 aliphatic rings. The molecule has 2 rings (SSSR count). The van der Waals surface area contributed by atoms with E-state index in [4.69, 9.17) is 21.8 Å². The van der Waals surface area contributed by atoms with Crippen LogP contribution in [-0.2, 0) is 0 Å². The SMILES string of the molecule is Nc1nccc2oc(Cl)cc12. The molecule has 0 atom stereocenters. The van der Waals surface area contributed by atoms with Gasteiger partial charge in [-0.25, -0.2) is 4.98 Å². The summed E-state index contributed by atoms with van der Waals surface area (Å²) in [6.07, 6.45) is 1.58. The fourth-order valence-corrected chi connectivity index (χ4v) is 1.15. The van der Waals surface area contributed by atoms with Gasteiger partial charge in [-0.2, -0.15) is 0 Å². The second-order valence-corrected chi connectivity index (χ2v) is 2.53. The van der Waals surface area contributed by atoms with Gasteiger partial charge >= 0.3 is 0 Å². The molecular weight excluding hydrogens is 164 g/mol. The van der Waals surface area contributed by atoms with Crippen LogP contribution in [0.2, 0.25) is 5.22 Å². The molecule has 0 fully saturated rings. The molecular formula is C7H5ClN2O. The first-order chi connectivity index (χ1) is 5.27. The van der Waals surface area contributed by atoms with Crippen molar-refractivity contribution in [2.24, 2.45) is 0 Å². The summed E-state index contributed by atoms with van der Waals surface area (Å²) in [5.74, 6) is 0.443. The standard InChI is InChI=1S/C7H5ClN2O/c8-6-3-4-5(11-6)1-2-10-7(4)9/h1-3H,(H2,9,10). The predicted molar refractivity (Wildman–Crippen MR) is 43.4 cm³/mol. The van der Waals surface area contributed by atoms with Gasteiger partial charge in [0.05, 0.1) is 5.39 Å². The van der Waals surface area contributed by atoms with E-state index in [0.717, 1.165) is 5.39 Å². The van der Waals surface area contributed by atoms with Crippen molar-refractivity contribution in [1.82, 2.24) is 4.98 Å². The Hall–Kier alpha value is -1.22. The minimum atomic E-state index is 0.333. The van der Waals surface area contributed by atoms with Gasteiger partial charge in [-0.05, 0) is 17.7 Å². The summed E-state index contributed by atoms with van der Waals surface area (Å²) in [6.45, 7) is 0. The molecule has 0 bridgehead atoms. The number of halogens is 1. The normalized spacial score (nSPS) is 10.6. The molecule has 0 amide bonds. The van der Waals surface area contributed by atoms with Crippen LogP contribution < -0.4 is 5.73 Å². The van der Waals surface area contributed by atoms with Crippen molar-refractivity contribution in [2.75, 3.05) is 5.73 Å². The van der Waals surface area contributed by atoms with Crippen LogP contribution >= 0.6 is 11.6 Å². The summed E-state index contributed by atoms with van der Waals surface area (Å²) in [6, 6.07) is 3.37. The smallest absolute Gasteiger partial charge is 0.194 e. The van der Waals surface area contributed by atoms with Gasteiger partial charge in [-0.3, -0.25) is 0 Å². The van der Waals surface area contributed by atoms with Crippen molar-refractivity contribution in [2.45, 2.75) is 0 Å². The van der Waals surface area contributed by atoms with Crippen molar-refractivity contribution in [3.8, 4) is 0 Å². The molecule has 3 nitrogen and oxygen atoms in total. The summed E-state index contributed by atoms with van der Waals surface area (Å²) in [5.41, 5.74) is 6.21. The molecule has 0 saturated carbocycles. The maximum Gasteiger partial charge on any atom is 0.194 e. The third-order valence-electron chi connectivity index (χ3n) is 1.45. The van der Waals surface area contributed by atoms with Gasteiger partial charge in [-0.15, -0.1) is 0 Å². The van der Waals surface area contributed by atoms with Crippen molar-refractivity contribution in [1.29, 1.82) is 0 Å². The van der Waals surface area contributed by atoms with Crippen LogP contribution in [0.25, 0.3) is 11.0 Å². The van der Waals surface area contributed by atoms with E-state index in [1.54, 1.807) is 18.3 Å². The lowest BCUT2D eigenvalue weighted by Gasteiger charge is -1.89.